The van der Waals surface area contributed by atoms with Crippen LogP contribution in [0.1, 0.15) is 47.3 Å². The number of nitriles is 1. The van der Waals surface area contributed by atoms with E-state index in [0.29, 0.717) is 17.7 Å². The fourth-order valence-corrected chi connectivity index (χ4v) is 3.59. The van der Waals surface area contributed by atoms with Crippen LogP contribution in [0.2, 0.25) is 0 Å². The average molecular weight is 320 g/mol. The van der Waals surface area contributed by atoms with E-state index in [-0.39, 0.29) is 12.5 Å². The van der Waals surface area contributed by atoms with Gasteiger partial charge in [-0.25, -0.2) is 4.79 Å². The number of ether oxygens (including phenoxy) is 1. The Kier molecular flexibility index (Phi) is 5.19. The fourth-order valence-electron chi connectivity index (χ4n) is 2.77. The maximum Gasteiger partial charge on any atom is 0.349 e. The molecule has 0 unspecified atom stereocenters. The minimum Gasteiger partial charge on any atom is -0.451 e. The second-order valence-electron chi connectivity index (χ2n) is 5.67. The van der Waals surface area contributed by atoms with Gasteiger partial charge in [-0.3, -0.25) is 4.79 Å². The smallest absolute Gasteiger partial charge is 0.349 e. The number of nitrogens with zero attached hydrogens (tertiary/aromatic N) is 2. The van der Waals surface area contributed by atoms with Crippen molar-refractivity contribution in [3.63, 3.8) is 0 Å². The van der Waals surface area contributed by atoms with Gasteiger partial charge in [-0.15, -0.1) is 11.3 Å². The van der Waals surface area contributed by atoms with E-state index in [1.54, 1.807) is 7.05 Å². The molecule has 1 saturated carbocycles. The minimum absolute atomic E-state index is 0.323. The number of esters is 1. The minimum atomic E-state index is -0.749. The third-order valence-electron chi connectivity index (χ3n) is 4.28. The molecular weight excluding hydrogens is 300 g/mol. The highest BCUT2D eigenvalue weighted by Crippen LogP contribution is 2.32. The number of amides is 1. The molecule has 5 nitrogen and oxygen atoms in total. The summed E-state index contributed by atoms with van der Waals surface area (Å²) in [6.45, 7) is 1.50. The topological polar surface area (TPSA) is 70.4 Å². The summed E-state index contributed by atoms with van der Waals surface area (Å²) < 4.78 is 5.10. The van der Waals surface area contributed by atoms with Gasteiger partial charge >= 0.3 is 5.97 Å². The molecular formula is C16H20N2O3S. The summed E-state index contributed by atoms with van der Waals surface area (Å²) in [6.07, 6.45) is 4.35. The van der Waals surface area contributed by atoms with E-state index in [1.807, 2.05) is 18.4 Å². The molecule has 0 spiro atoms. The molecule has 1 aromatic rings. The maximum absolute atomic E-state index is 12.3. The lowest BCUT2D eigenvalue weighted by atomic mass is 9.81. The standard InChI is InChI=1S/C16H20N2O3S/c1-12-6-9-22-14(12)15(20)21-10-13(19)18(2)16(11-17)7-4-3-5-8-16/h6,9H,3-5,7-8,10H2,1-2H3. The SMILES string of the molecule is Cc1ccsc1C(=O)OCC(=O)N(C)C1(C#N)CCCCC1. The summed E-state index contributed by atoms with van der Waals surface area (Å²) >= 11 is 1.30. The molecule has 0 aromatic carbocycles. The highest BCUT2D eigenvalue weighted by molar-refractivity contribution is 7.12. The van der Waals surface area contributed by atoms with E-state index in [0.717, 1.165) is 24.8 Å². The van der Waals surface area contributed by atoms with Gasteiger partial charge in [0.15, 0.2) is 6.61 Å². The van der Waals surface area contributed by atoms with Crippen molar-refractivity contribution in [3.05, 3.63) is 21.9 Å². The van der Waals surface area contributed by atoms with Gasteiger partial charge < -0.3 is 9.64 Å². The Balaban J connectivity index is 1.95. The molecule has 1 fully saturated rings. The van der Waals surface area contributed by atoms with Gasteiger partial charge in [0.2, 0.25) is 0 Å². The molecule has 0 bridgehead atoms. The summed E-state index contributed by atoms with van der Waals surface area (Å²) in [5.74, 6) is -0.810. The maximum atomic E-state index is 12.3. The van der Waals surface area contributed by atoms with Crippen LogP contribution >= 0.6 is 11.3 Å². The number of hydrogen-bond donors (Lipinski definition) is 0. The molecule has 2 rings (SSSR count). The molecule has 22 heavy (non-hydrogen) atoms. The number of carbonyl (C=O) groups is 2. The largest absolute Gasteiger partial charge is 0.451 e. The number of likely N-dealkylation sites (N-methyl/N-ethyl adjacent to an activating group) is 1. The van der Waals surface area contributed by atoms with Crippen LogP contribution in [0.15, 0.2) is 11.4 Å². The van der Waals surface area contributed by atoms with Crippen molar-refractivity contribution in [2.45, 2.75) is 44.6 Å². The Labute approximate surface area is 134 Å². The predicted molar refractivity (Wildman–Crippen MR) is 83.5 cm³/mol. The van der Waals surface area contributed by atoms with Crippen molar-refractivity contribution in [2.75, 3.05) is 13.7 Å². The monoisotopic (exact) mass is 320 g/mol. The van der Waals surface area contributed by atoms with Crippen LogP contribution in [-0.4, -0.2) is 36.0 Å². The molecule has 0 radical (unpaired) electrons. The third-order valence-corrected chi connectivity index (χ3v) is 5.28. The van der Waals surface area contributed by atoms with E-state index in [1.165, 1.54) is 16.2 Å². The highest BCUT2D eigenvalue weighted by Gasteiger charge is 2.39. The molecule has 1 aliphatic rings. The Morgan fingerprint density at radius 2 is 2.09 bits per heavy atom. The highest BCUT2D eigenvalue weighted by atomic mass is 32.1. The molecule has 1 aliphatic carbocycles. The first-order valence-electron chi connectivity index (χ1n) is 7.39. The average Bonchev–Trinajstić information content (AvgIpc) is 2.98. The summed E-state index contributed by atoms with van der Waals surface area (Å²) in [5, 5.41) is 11.3. The first-order valence-corrected chi connectivity index (χ1v) is 8.27. The van der Waals surface area contributed by atoms with Gasteiger partial charge in [0, 0.05) is 7.05 Å². The van der Waals surface area contributed by atoms with E-state index < -0.39 is 11.5 Å². The second kappa shape index (κ2) is 6.93. The van der Waals surface area contributed by atoms with Crippen LogP contribution in [0.4, 0.5) is 0 Å². The molecule has 1 amide bonds. The van der Waals surface area contributed by atoms with Gasteiger partial charge in [0.05, 0.1) is 6.07 Å². The lowest BCUT2D eigenvalue weighted by Gasteiger charge is -2.38. The molecule has 1 heterocycles. The van der Waals surface area contributed by atoms with E-state index in [4.69, 9.17) is 4.74 Å². The number of rotatable bonds is 4. The molecule has 6 heteroatoms. The van der Waals surface area contributed by atoms with Crippen LogP contribution in [0.25, 0.3) is 0 Å². The van der Waals surface area contributed by atoms with Gasteiger partial charge in [0.1, 0.15) is 10.4 Å². The zero-order valence-corrected chi connectivity index (χ0v) is 13.7. The van der Waals surface area contributed by atoms with Crippen LogP contribution < -0.4 is 0 Å². The summed E-state index contributed by atoms with van der Waals surface area (Å²) in [6, 6.07) is 4.12. The van der Waals surface area contributed by atoms with Crippen molar-refractivity contribution >= 4 is 23.2 Å². The molecule has 118 valence electrons. The number of thiophene rings is 1. The predicted octanol–water partition coefficient (Wildman–Crippen LogP) is 2.90. The van der Waals surface area contributed by atoms with Crippen molar-refractivity contribution < 1.29 is 14.3 Å². The molecule has 0 aliphatic heterocycles. The van der Waals surface area contributed by atoms with Gasteiger partial charge in [0.25, 0.3) is 5.91 Å². The molecule has 0 atom stereocenters. The normalized spacial score (nSPS) is 16.6. The van der Waals surface area contributed by atoms with Gasteiger partial charge in [-0.05, 0) is 36.8 Å². The van der Waals surface area contributed by atoms with Crippen LogP contribution in [0, 0.1) is 18.3 Å². The zero-order chi connectivity index (χ0) is 16.2. The lowest BCUT2D eigenvalue weighted by molar-refractivity contribution is -0.138. The van der Waals surface area contributed by atoms with Crippen molar-refractivity contribution in [1.82, 2.24) is 4.90 Å². The summed E-state index contributed by atoms with van der Waals surface area (Å²) in [5.41, 5.74) is 0.0946. The van der Waals surface area contributed by atoms with E-state index in [2.05, 4.69) is 6.07 Å². The first-order chi connectivity index (χ1) is 10.5. The zero-order valence-electron chi connectivity index (χ0n) is 12.9. The second-order valence-corrected chi connectivity index (χ2v) is 6.58. The van der Waals surface area contributed by atoms with E-state index in [9.17, 15) is 14.9 Å². The lowest BCUT2D eigenvalue weighted by Crippen LogP contribution is -2.51. The summed E-state index contributed by atoms with van der Waals surface area (Å²) in [7, 11) is 1.63. The van der Waals surface area contributed by atoms with Crippen molar-refractivity contribution in [2.24, 2.45) is 0 Å². The summed E-state index contributed by atoms with van der Waals surface area (Å²) in [4.78, 5) is 26.2. The number of hydrogen-bond acceptors (Lipinski definition) is 5. The Bertz CT molecular complexity index is 597. The molecule has 0 N–H and O–H groups in total. The molecule has 1 aromatic heterocycles. The van der Waals surface area contributed by atoms with Crippen LogP contribution in [0.5, 0.6) is 0 Å². The molecule has 0 saturated heterocycles. The number of carbonyl (C=O) groups excluding carboxylic acids is 2. The van der Waals surface area contributed by atoms with Crippen molar-refractivity contribution in [1.29, 1.82) is 5.26 Å². The number of aryl methyl sites for hydroxylation is 1. The third kappa shape index (κ3) is 3.30. The van der Waals surface area contributed by atoms with E-state index >= 15 is 0 Å². The van der Waals surface area contributed by atoms with Crippen LogP contribution in [-0.2, 0) is 9.53 Å². The van der Waals surface area contributed by atoms with Crippen molar-refractivity contribution in [3.8, 4) is 6.07 Å². The Morgan fingerprint density at radius 3 is 2.64 bits per heavy atom. The Morgan fingerprint density at radius 1 is 1.41 bits per heavy atom. The van der Waals surface area contributed by atoms with Crippen LogP contribution in [0.3, 0.4) is 0 Å². The van der Waals surface area contributed by atoms with Gasteiger partial charge in [-0.2, -0.15) is 5.26 Å². The van der Waals surface area contributed by atoms with Gasteiger partial charge in [-0.1, -0.05) is 19.3 Å². The quantitative estimate of drug-likeness (QED) is 0.800. The first kappa shape index (κ1) is 16.5. The Hall–Kier alpha value is -1.87. The fraction of sp³-hybridized carbons (Fsp3) is 0.562.